The zero-order valence-electron chi connectivity index (χ0n) is 10.5. The van der Waals surface area contributed by atoms with Crippen molar-refractivity contribution in [1.29, 1.82) is 0 Å². The smallest absolute Gasteiger partial charge is 0.137 e. The molecule has 0 saturated heterocycles. The van der Waals surface area contributed by atoms with Crippen LogP contribution in [0.3, 0.4) is 0 Å². The van der Waals surface area contributed by atoms with E-state index in [0.29, 0.717) is 6.61 Å². The molecule has 0 aliphatic rings. The summed E-state index contributed by atoms with van der Waals surface area (Å²) in [5.74, 6) is 0.809. The Morgan fingerprint density at radius 3 is 2.67 bits per heavy atom. The summed E-state index contributed by atoms with van der Waals surface area (Å²) in [6.07, 6.45) is 6.23. The lowest BCUT2D eigenvalue weighted by atomic mass is 10.2. The van der Waals surface area contributed by atoms with Crippen LogP contribution in [0.2, 0.25) is 0 Å². The molecule has 1 N–H and O–H groups in total. The molecule has 2 aromatic rings. The van der Waals surface area contributed by atoms with Gasteiger partial charge in [-0.05, 0) is 36.9 Å². The van der Waals surface area contributed by atoms with Crippen LogP contribution in [0.25, 0.3) is 0 Å². The van der Waals surface area contributed by atoms with Gasteiger partial charge in [-0.3, -0.25) is 9.97 Å². The highest BCUT2D eigenvalue weighted by Gasteiger charge is 1.97. The molecule has 0 unspecified atom stereocenters. The summed E-state index contributed by atoms with van der Waals surface area (Å²) in [6, 6.07) is 7.92. The fraction of sp³-hybridized carbons (Fsp3) is 0.286. The second kappa shape index (κ2) is 6.71. The molecule has 0 bridgehead atoms. The van der Waals surface area contributed by atoms with Crippen molar-refractivity contribution >= 4 is 0 Å². The second-order valence-corrected chi connectivity index (χ2v) is 3.97. The third-order valence-corrected chi connectivity index (χ3v) is 2.56. The van der Waals surface area contributed by atoms with E-state index in [0.717, 1.165) is 24.4 Å². The van der Waals surface area contributed by atoms with Gasteiger partial charge in [0.1, 0.15) is 5.75 Å². The number of pyridine rings is 2. The zero-order chi connectivity index (χ0) is 12.6. The minimum Gasteiger partial charge on any atom is -0.492 e. The van der Waals surface area contributed by atoms with Crippen LogP contribution in [0.4, 0.5) is 0 Å². The first-order valence-electron chi connectivity index (χ1n) is 6.00. The van der Waals surface area contributed by atoms with Gasteiger partial charge < -0.3 is 10.1 Å². The molecule has 0 spiro atoms. The summed E-state index contributed by atoms with van der Waals surface area (Å²) in [5.41, 5.74) is 2.24. The maximum Gasteiger partial charge on any atom is 0.137 e. The van der Waals surface area contributed by atoms with Crippen molar-refractivity contribution < 1.29 is 4.74 Å². The number of nitrogens with zero attached hydrogens (tertiary/aromatic N) is 2. The van der Waals surface area contributed by atoms with Crippen molar-refractivity contribution in [1.82, 2.24) is 15.3 Å². The lowest BCUT2D eigenvalue weighted by Crippen LogP contribution is -2.07. The van der Waals surface area contributed by atoms with Crippen LogP contribution in [-0.2, 0) is 13.0 Å². The van der Waals surface area contributed by atoms with Gasteiger partial charge in [0, 0.05) is 25.4 Å². The average Bonchev–Trinajstić information content (AvgIpc) is 2.42. The van der Waals surface area contributed by atoms with Crippen molar-refractivity contribution in [2.24, 2.45) is 0 Å². The van der Waals surface area contributed by atoms with E-state index in [4.69, 9.17) is 4.74 Å². The number of aromatic nitrogens is 2. The predicted octanol–water partition coefficient (Wildman–Crippen LogP) is 1.82. The summed E-state index contributed by atoms with van der Waals surface area (Å²) < 4.78 is 5.64. The van der Waals surface area contributed by atoms with Gasteiger partial charge in [0.25, 0.3) is 0 Å². The largest absolute Gasteiger partial charge is 0.492 e. The van der Waals surface area contributed by atoms with Crippen LogP contribution in [-0.4, -0.2) is 23.6 Å². The summed E-state index contributed by atoms with van der Waals surface area (Å²) >= 11 is 0. The van der Waals surface area contributed by atoms with E-state index in [1.807, 2.05) is 31.3 Å². The number of rotatable bonds is 6. The van der Waals surface area contributed by atoms with Crippen LogP contribution < -0.4 is 10.1 Å². The van der Waals surface area contributed by atoms with Gasteiger partial charge in [-0.25, -0.2) is 0 Å². The normalized spacial score (nSPS) is 10.3. The van der Waals surface area contributed by atoms with Crippen LogP contribution in [0.15, 0.2) is 42.9 Å². The van der Waals surface area contributed by atoms with Crippen molar-refractivity contribution in [2.75, 3.05) is 13.7 Å². The molecule has 94 valence electrons. The number of hydrogen-bond acceptors (Lipinski definition) is 4. The van der Waals surface area contributed by atoms with Crippen LogP contribution in [0.5, 0.6) is 5.75 Å². The van der Waals surface area contributed by atoms with Crippen molar-refractivity contribution in [3.63, 3.8) is 0 Å². The summed E-state index contributed by atoms with van der Waals surface area (Å²) in [6.45, 7) is 1.42. The number of hydrogen-bond donors (Lipinski definition) is 1. The van der Waals surface area contributed by atoms with Crippen molar-refractivity contribution in [3.05, 3.63) is 54.1 Å². The lowest BCUT2D eigenvalue weighted by molar-refractivity contribution is 0.320. The van der Waals surface area contributed by atoms with E-state index >= 15 is 0 Å². The molecule has 0 radical (unpaired) electrons. The maximum absolute atomic E-state index is 5.64. The molecule has 4 heteroatoms. The molecule has 0 aliphatic carbocycles. The Hall–Kier alpha value is -1.94. The van der Waals surface area contributed by atoms with E-state index in [1.165, 1.54) is 5.56 Å². The first-order chi connectivity index (χ1) is 8.88. The van der Waals surface area contributed by atoms with Gasteiger partial charge in [-0.2, -0.15) is 0 Å². The standard InChI is InChI=1S/C14H17N3O/c1-15-10-13-2-3-14(11-17-13)18-9-6-12-4-7-16-8-5-12/h2-5,7-8,11,15H,6,9-10H2,1H3. The Bertz CT molecular complexity index is 456. The highest BCUT2D eigenvalue weighted by molar-refractivity contribution is 5.20. The molecule has 0 saturated carbocycles. The second-order valence-electron chi connectivity index (χ2n) is 3.97. The van der Waals surface area contributed by atoms with Gasteiger partial charge in [0.2, 0.25) is 0 Å². The highest BCUT2D eigenvalue weighted by Crippen LogP contribution is 2.09. The predicted molar refractivity (Wildman–Crippen MR) is 70.4 cm³/mol. The van der Waals surface area contributed by atoms with Crippen molar-refractivity contribution in [2.45, 2.75) is 13.0 Å². The molecule has 2 heterocycles. The zero-order valence-corrected chi connectivity index (χ0v) is 10.5. The molecule has 0 fully saturated rings. The first kappa shape index (κ1) is 12.5. The molecule has 2 rings (SSSR count). The van der Waals surface area contributed by atoms with Gasteiger partial charge in [-0.1, -0.05) is 0 Å². The molecule has 2 aromatic heterocycles. The summed E-state index contributed by atoms with van der Waals surface area (Å²) in [7, 11) is 1.90. The van der Waals surface area contributed by atoms with Gasteiger partial charge in [0.15, 0.2) is 0 Å². The quantitative estimate of drug-likeness (QED) is 0.840. The maximum atomic E-state index is 5.64. The Morgan fingerprint density at radius 2 is 2.00 bits per heavy atom. The fourth-order valence-corrected chi connectivity index (χ4v) is 1.62. The third kappa shape index (κ3) is 3.82. The average molecular weight is 243 g/mol. The SMILES string of the molecule is CNCc1ccc(OCCc2ccncc2)cn1. The molecular weight excluding hydrogens is 226 g/mol. The third-order valence-electron chi connectivity index (χ3n) is 2.56. The van der Waals surface area contributed by atoms with Crippen LogP contribution in [0, 0.1) is 0 Å². The summed E-state index contributed by atoms with van der Waals surface area (Å²) in [5, 5.41) is 3.06. The van der Waals surface area contributed by atoms with Crippen LogP contribution >= 0.6 is 0 Å². The molecule has 18 heavy (non-hydrogen) atoms. The minimum absolute atomic E-state index is 0.650. The minimum atomic E-state index is 0.650. The molecule has 0 aromatic carbocycles. The lowest BCUT2D eigenvalue weighted by Gasteiger charge is -2.06. The first-order valence-corrected chi connectivity index (χ1v) is 6.00. The summed E-state index contributed by atoms with van der Waals surface area (Å²) in [4.78, 5) is 8.28. The van der Waals surface area contributed by atoms with E-state index < -0.39 is 0 Å². The number of nitrogens with one attached hydrogen (secondary N) is 1. The Balaban J connectivity index is 1.80. The molecule has 0 aliphatic heterocycles. The molecule has 4 nitrogen and oxygen atoms in total. The van der Waals surface area contributed by atoms with Gasteiger partial charge in [-0.15, -0.1) is 0 Å². The van der Waals surface area contributed by atoms with Gasteiger partial charge in [0.05, 0.1) is 18.5 Å². The molecular formula is C14H17N3O. The van der Waals surface area contributed by atoms with E-state index in [-0.39, 0.29) is 0 Å². The Morgan fingerprint density at radius 1 is 1.17 bits per heavy atom. The van der Waals surface area contributed by atoms with E-state index in [2.05, 4.69) is 15.3 Å². The molecule has 0 atom stereocenters. The van der Waals surface area contributed by atoms with Crippen molar-refractivity contribution in [3.8, 4) is 5.75 Å². The Labute approximate surface area is 107 Å². The monoisotopic (exact) mass is 243 g/mol. The van der Waals surface area contributed by atoms with Gasteiger partial charge >= 0.3 is 0 Å². The van der Waals surface area contributed by atoms with Crippen LogP contribution in [0.1, 0.15) is 11.3 Å². The fourth-order valence-electron chi connectivity index (χ4n) is 1.62. The molecule has 0 amide bonds. The highest BCUT2D eigenvalue weighted by atomic mass is 16.5. The number of ether oxygens (including phenoxy) is 1. The van der Waals surface area contributed by atoms with E-state index in [9.17, 15) is 0 Å². The topological polar surface area (TPSA) is 47.0 Å². The Kier molecular flexibility index (Phi) is 4.67. The van der Waals surface area contributed by atoms with E-state index in [1.54, 1.807) is 18.6 Å².